The normalized spacial score (nSPS) is 23.3. The molecule has 37 heavy (non-hydrogen) atoms. The summed E-state index contributed by atoms with van der Waals surface area (Å²) in [5.74, 6) is 1.56. The molecule has 1 fully saturated rings. The molecule has 0 bridgehead atoms. The standard InChI is InChI=1S/C25H44N4O6P2/c1-9-21-22(12-16-36(32-7)33-8)35-25(28(6)14-11-24(31)27-18-30)17-23(21)37(34-15-10-13-26)29(19(2)3)20(4)5/h11-12,14,16,18-23,25H,9-10,15,17H2,1-8H3,(H,27,30,31)/b14-11-,16-12+/t21-,22?,23+,25?,37?/m1/s1. The summed E-state index contributed by atoms with van der Waals surface area (Å²) in [6.07, 6.45) is 6.59. The van der Waals surface area contributed by atoms with Gasteiger partial charge in [-0.3, -0.25) is 19.6 Å². The molecule has 1 aliphatic rings. The van der Waals surface area contributed by atoms with E-state index in [0.29, 0.717) is 25.9 Å². The van der Waals surface area contributed by atoms with Gasteiger partial charge in [0.15, 0.2) is 8.38 Å². The third kappa shape index (κ3) is 10.7. The van der Waals surface area contributed by atoms with E-state index in [4.69, 9.17) is 23.6 Å². The van der Waals surface area contributed by atoms with Crippen LogP contribution >= 0.6 is 16.7 Å². The van der Waals surface area contributed by atoms with Crippen LogP contribution in [0.1, 0.15) is 53.9 Å². The van der Waals surface area contributed by atoms with Crippen LogP contribution in [0.2, 0.25) is 0 Å². The van der Waals surface area contributed by atoms with Crippen molar-refractivity contribution in [2.24, 2.45) is 5.92 Å². The van der Waals surface area contributed by atoms with Crippen LogP contribution < -0.4 is 5.32 Å². The Kier molecular flexibility index (Phi) is 16.3. The fourth-order valence-electron chi connectivity index (χ4n) is 4.46. The Balaban J connectivity index is 3.47. The number of imide groups is 1. The summed E-state index contributed by atoms with van der Waals surface area (Å²) in [4.78, 5) is 24.2. The van der Waals surface area contributed by atoms with Gasteiger partial charge in [-0.2, -0.15) is 5.26 Å². The number of carbonyl (C=O) groups is 2. The first-order chi connectivity index (χ1) is 17.6. The SMILES string of the molecule is CC[C@@H]1C(/C=C/P(OC)OC)OC(N(C)/C=C\C(=O)NC=O)C[C@@H]1P(OCCC#N)N(C(C)C)C(C)C. The number of nitrogens with zero attached hydrogens (tertiary/aromatic N) is 3. The third-order valence-corrected chi connectivity index (χ3v) is 10.1. The van der Waals surface area contributed by atoms with Gasteiger partial charge in [0, 0.05) is 57.7 Å². The molecule has 0 aliphatic carbocycles. The van der Waals surface area contributed by atoms with Gasteiger partial charge in [-0.25, -0.2) is 0 Å². The summed E-state index contributed by atoms with van der Waals surface area (Å²) in [6, 6.07) is 2.69. The Bertz CT molecular complexity index is 780. The van der Waals surface area contributed by atoms with Crippen molar-refractivity contribution in [3.05, 3.63) is 24.2 Å². The number of hydrogen-bond donors (Lipinski definition) is 1. The Labute approximate surface area is 225 Å². The van der Waals surface area contributed by atoms with Crippen LogP contribution in [0.3, 0.4) is 0 Å². The van der Waals surface area contributed by atoms with Gasteiger partial charge in [0.2, 0.25) is 6.41 Å². The Morgan fingerprint density at radius 2 is 1.89 bits per heavy atom. The molecule has 2 amide bonds. The molecule has 1 heterocycles. The van der Waals surface area contributed by atoms with Crippen molar-refractivity contribution in [1.29, 1.82) is 5.26 Å². The monoisotopic (exact) mass is 558 g/mol. The van der Waals surface area contributed by atoms with Gasteiger partial charge >= 0.3 is 0 Å². The Morgan fingerprint density at radius 1 is 1.24 bits per heavy atom. The second-order valence-corrected chi connectivity index (χ2v) is 12.7. The van der Waals surface area contributed by atoms with E-state index in [9.17, 15) is 9.59 Å². The predicted molar refractivity (Wildman–Crippen MR) is 147 cm³/mol. The summed E-state index contributed by atoms with van der Waals surface area (Å²) in [5, 5.41) is 11.3. The predicted octanol–water partition coefficient (Wildman–Crippen LogP) is 4.69. The first-order valence-corrected chi connectivity index (χ1v) is 15.1. The van der Waals surface area contributed by atoms with Gasteiger partial charge in [-0.05, 0) is 45.9 Å². The average Bonchev–Trinajstić information content (AvgIpc) is 2.86. The van der Waals surface area contributed by atoms with Crippen LogP contribution in [-0.4, -0.2) is 79.8 Å². The molecule has 0 spiro atoms. The fourth-order valence-corrected chi connectivity index (χ4v) is 8.08. The molecular weight excluding hydrogens is 514 g/mol. The van der Waals surface area contributed by atoms with Gasteiger partial charge in [0.25, 0.3) is 5.91 Å². The maximum Gasteiger partial charge on any atom is 0.251 e. The Morgan fingerprint density at radius 3 is 2.41 bits per heavy atom. The van der Waals surface area contributed by atoms with E-state index in [2.05, 4.69) is 50.7 Å². The van der Waals surface area contributed by atoms with Crippen LogP contribution in [0.25, 0.3) is 0 Å². The highest BCUT2D eigenvalue weighted by Gasteiger charge is 2.45. The molecule has 3 unspecified atom stereocenters. The lowest BCUT2D eigenvalue weighted by Crippen LogP contribution is -2.50. The van der Waals surface area contributed by atoms with Crippen molar-refractivity contribution in [2.75, 3.05) is 27.9 Å². The fraction of sp³-hybridized carbons (Fsp3) is 0.720. The van der Waals surface area contributed by atoms with E-state index in [-0.39, 0.29) is 36.0 Å². The van der Waals surface area contributed by atoms with Gasteiger partial charge in [0.05, 0.1) is 25.2 Å². The molecular formula is C25H44N4O6P2. The maximum absolute atomic E-state index is 11.8. The van der Waals surface area contributed by atoms with Crippen LogP contribution in [0, 0.1) is 17.2 Å². The number of nitrogens with one attached hydrogen (secondary N) is 1. The van der Waals surface area contributed by atoms with Crippen LogP contribution in [-0.2, 0) is 27.9 Å². The van der Waals surface area contributed by atoms with E-state index < -0.39 is 22.6 Å². The minimum atomic E-state index is -1.18. The summed E-state index contributed by atoms with van der Waals surface area (Å²) in [7, 11) is 2.81. The van der Waals surface area contributed by atoms with Crippen molar-refractivity contribution in [2.45, 2.75) is 84.0 Å². The van der Waals surface area contributed by atoms with E-state index in [1.54, 1.807) is 20.4 Å². The molecule has 1 aliphatic heterocycles. The number of carbonyl (C=O) groups excluding carboxylic acids is 2. The van der Waals surface area contributed by atoms with Crippen LogP contribution in [0.4, 0.5) is 0 Å². The average molecular weight is 559 g/mol. The molecule has 1 N–H and O–H groups in total. The van der Waals surface area contributed by atoms with Crippen LogP contribution in [0.15, 0.2) is 24.2 Å². The summed E-state index contributed by atoms with van der Waals surface area (Å²) in [5.41, 5.74) is 0.132. The second kappa shape index (κ2) is 18.0. The van der Waals surface area contributed by atoms with Crippen molar-refractivity contribution in [3.63, 3.8) is 0 Å². The minimum absolute atomic E-state index is 0.132. The van der Waals surface area contributed by atoms with E-state index >= 15 is 0 Å². The van der Waals surface area contributed by atoms with E-state index in [1.165, 1.54) is 6.08 Å². The molecule has 10 nitrogen and oxygen atoms in total. The summed E-state index contributed by atoms with van der Waals surface area (Å²) < 4.78 is 26.3. The summed E-state index contributed by atoms with van der Waals surface area (Å²) in [6.45, 7) is 11.2. The number of rotatable bonds is 16. The van der Waals surface area contributed by atoms with Gasteiger partial charge in [-0.1, -0.05) is 13.0 Å². The summed E-state index contributed by atoms with van der Waals surface area (Å²) >= 11 is 0. The molecule has 0 aromatic carbocycles. The quantitative estimate of drug-likeness (QED) is 0.125. The lowest BCUT2D eigenvalue weighted by Gasteiger charge is -2.49. The zero-order valence-corrected chi connectivity index (χ0v) is 25.2. The number of hydrogen-bond acceptors (Lipinski definition) is 9. The number of ether oxygens (including phenoxy) is 1. The largest absolute Gasteiger partial charge is 0.355 e. The van der Waals surface area contributed by atoms with E-state index in [1.807, 2.05) is 23.8 Å². The highest BCUT2D eigenvalue weighted by atomic mass is 31.2. The first kappa shape index (κ1) is 33.6. The van der Waals surface area contributed by atoms with Crippen molar-refractivity contribution in [1.82, 2.24) is 14.9 Å². The van der Waals surface area contributed by atoms with Crippen molar-refractivity contribution >= 4 is 29.0 Å². The molecule has 0 saturated carbocycles. The van der Waals surface area contributed by atoms with Crippen molar-refractivity contribution in [3.8, 4) is 6.07 Å². The molecule has 1 rings (SSSR count). The molecule has 12 heteroatoms. The second-order valence-electron chi connectivity index (χ2n) is 9.14. The lowest BCUT2D eigenvalue weighted by molar-refractivity contribution is -0.122. The molecule has 210 valence electrons. The minimum Gasteiger partial charge on any atom is -0.355 e. The van der Waals surface area contributed by atoms with Gasteiger partial charge in [-0.15, -0.1) is 0 Å². The van der Waals surface area contributed by atoms with E-state index in [0.717, 1.165) is 6.42 Å². The Hall–Kier alpha value is -1.43. The topological polar surface area (TPSA) is 113 Å². The molecule has 5 atom stereocenters. The zero-order chi connectivity index (χ0) is 28.0. The van der Waals surface area contributed by atoms with Crippen molar-refractivity contribution < 1.29 is 27.9 Å². The first-order valence-electron chi connectivity index (χ1n) is 12.6. The molecule has 0 aromatic heterocycles. The molecule has 0 radical (unpaired) electrons. The lowest BCUT2D eigenvalue weighted by atomic mass is 9.90. The van der Waals surface area contributed by atoms with Gasteiger partial charge in [0.1, 0.15) is 14.5 Å². The van der Waals surface area contributed by atoms with Gasteiger partial charge < -0.3 is 23.2 Å². The number of nitriles is 1. The highest BCUT2D eigenvalue weighted by Crippen LogP contribution is 2.57. The zero-order valence-electron chi connectivity index (χ0n) is 23.4. The molecule has 1 saturated heterocycles. The highest BCUT2D eigenvalue weighted by molar-refractivity contribution is 7.51. The third-order valence-electron chi connectivity index (χ3n) is 6.03. The number of amides is 2. The maximum atomic E-state index is 11.8. The smallest absolute Gasteiger partial charge is 0.251 e. The molecule has 0 aromatic rings. The van der Waals surface area contributed by atoms with Crippen LogP contribution in [0.5, 0.6) is 0 Å².